The second kappa shape index (κ2) is 3.89. The molecule has 0 aliphatic carbocycles. The van der Waals surface area contributed by atoms with Gasteiger partial charge in [-0.2, -0.15) is 0 Å². The third kappa shape index (κ3) is 1.58. The van der Waals surface area contributed by atoms with Crippen LogP contribution in [0.15, 0.2) is 21.2 Å². The molecule has 2 bridgehead atoms. The summed E-state index contributed by atoms with van der Waals surface area (Å²) in [5.74, 6) is 0.431. The lowest BCUT2D eigenvalue weighted by Gasteiger charge is -2.23. The number of hydrogen-bond donors (Lipinski definition) is 1. The van der Waals surface area contributed by atoms with Gasteiger partial charge in [0.05, 0.1) is 10.7 Å². The highest BCUT2D eigenvalue weighted by Gasteiger charge is 2.39. The van der Waals surface area contributed by atoms with Crippen LogP contribution in [0.5, 0.6) is 0 Å². The van der Waals surface area contributed by atoms with Gasteiger partial charge in [-0.25, -0.2) is 0 Å². The number of nitrogens with one attached hydrogen (secondary N) is 1. The van der Waals surface area contributed by atoms with E-state index < -0.39 is 0 Å². The van der Waals surface area contributed by atoms with E-state index in [-0.39, 0.29) is 5.91 Å². The number of fused-ring (bicyclic) bond motifs is 2. The standard InChI is InChI=1S/C11H13BrN2O2/c12-9-2-4-16-10(9)11(15)14-6-7-5-8(14)1-3-13-7/h2,4,7-8,13H,1,3,5-6H2. The number of carbonyl (C=O) groups excluding carboxylic acids is 1. The Bertz CT molecular complexity index is 418. The highest BCUT2D eigenvalue weighted by molar-refractivity contribution is 9.10. The van der Waals surface area contributed by atoms with E-state index in [1.165, 1.54) is 6.26 Å². The van der Waals surface area contributed by atoms with E-state index in [9.17, 15) is 4.79 Å². The molecule has 1 N–H and O–H groups in total. The summed E-state index contributed by atoms with van der Waals surface area (Å²) in [6, 6.07) is 2.61. The zero-order valence-electron chi connectivity index (χ0n) is 8.78. The number of hydrogen-bond acceptors (Lipinski definition) is 3. The smallest absolute Gasteiger partial charge is 0.291 e. The molecular formula is C11H13BrN2O2. The van der Waals surface area contributed by atoms with Crippen molar-refractivity contribution in [2.45, 2.75) is 24.9 Å². The van der Waals surface area contributed by atoms with E-state index in [1.54, 1.807) is 6.07 Å². The lowest BCUT2D eigenvalue weighted by atomic mass is 10.1. The maximum atomic E-state index is 12.2. The van der Waals surface area contributed by atoms with Crippen LogP contribution in [0.2, 0.25) is 0 Å². The molecule has 1 aromatic rings. The molecule has 4 nitrogen and oxygen atoms in total. The molecule has 3 heterocycles. The van der Waals surface area contributed by atoms with Crippen molar-refractivity contribution in [2.24, 2.45) is 0 Å². The number of halogens is 1. The van der Waals surface area contributed by atoms with Crippen LogP contribution in [0.1, 0.15) is 23.4 Å². The average molecular weight is 285 g/mol. The molecule has 2 atom stereocenters. The summed E-state index contributed by atoms with van der Waals surface area (Å²) >= 11 is 3.33. The first-order chi connectivity index (χ1) is 7.75. The number of rotatable bonds is 1. The van der Waals surface area contributed by atoms with Crippen LogP contribution < -0.4 is 5.32 Å². The van der Waals surface area contributed by atoms with Crippen molar-refractivity contribution in [1.29, 1.82) is 0 Å². The first kappa shape index (κ1) is 10.4. The van der Waals surface area contributed by atoms with E-state index in [0.717, 1.165) is 30.4 Å². The van der Waals surface area contributed by atoms with Gasteiger partial charge in [0.15, 0.2) is 0 Å². The predicted octanol–water partition coefficient (Wildman–Crippen LogP) is 1.62. The molecule has 0 radical (unpaired) electrons. The van der Waals surface area contributed by atoms with Crippen LogP contribution in [0.3, 0.4) is 0 Å². The van der Waals surface area contributed by atoms with Crippen LogP contribution in [0, 0.1) is 0 Å². The maximum Gasteiger partial charge on any atom is 0.291 e. The molecule has 2 saturated heterocycles. The van der Waals surface area contributed by atoms with Gasteiger partial charge in [0.1, 0.15) is 0 Å². The quantitative estimate of drug-likeness (QED) is 0.852. The third-order valence-electron chi connectivity index (χ3n) is 3.40. The molecule has 5 heteroatoms. The molecule has 2 aliphatic heterocycles. The van der Waals surface area contributed by atoms with Gasteiger partial charge in [-0.05, 0) is 41.4 Å². The molecule has 0 saturated carbocycles. The van der Waals surface area contributed by atoms with Crippen LogP contribution in [0.25, 0.3) is 0 Å². The number of furan rings is 1. The van der Waals surface area contributed by atoms with E-state index in [4.69, 9.17) is 4.42 Å². The van der Waals surface area contributed by atoms with Crippen molar-refractivity contribution in [3.8, 4) is 0 Å². The summed E-state index contributed by atoms with van der Waals surface area (Å²) in [5, 5.41) is 3.42. The van der Waals surface area contributed by atoms with Crippen molar-refractivity contribution in [1.82, 2.24) is 10.2 Å². The molecule has 0 spiro atoms. The Morgan fingerprint density at radius 1 is 1.62 bits per heavy atom. The Balaban J connectivity index is 1.83. The van der Waals surface area contributed by atoms with Gasteiger partial charge in [-0.15, -0.1) is 0 Å². The lowest BCUT2D eigenvalue weighted by Crippen LogP contribution is -2.36. The van der Waals surface area contributed by atoms with Gasteiger partial charge in [-0.3, -0.25) is 4.79 Å². The lowest BCUT2D eigenvalue weighted by molar-refractivity contribution is 0.0702. The molecular weight excluding hydrogens is 272 g/mol. The van der Waals surface area contributed by atoms with Gasteiger partial charge in [0, 0.05) is 18.6 Å². The summed E-state index contributed by atoms with van der Waals surface area (Å²) in [6.07, 6.45) is 3.66. The molecule has 2 unspecified atom stereocenters. The third-order valence-corrected chi connectivity index (χ3v) is 4.02. The maximum absolute atomic E-state index is 12.2. The van der Waals surface area contributed by atoms with Crippen molar-refractivity contribution in [3.63, 3.8) is 0 Å². The second-order valence-electron chi connectivity index (χ2n) is 4.38. The van der Waals surface area contributed by atoms with Crippen molar-refractivity contribution in [2.75, 3.05) is 13.1 Å². The molecule has 1 amide bonds. The van der Waals surface area contributed by atoms with Crippen molar-refractivity contribution < 1.29 is 9.21 Å². The Morgan fingerprint density at radius 2 is 2.50 bits per heavy atom. The second-order valence-corrected chi connectivity index (χ2v) is 5.24. The molecule has 1 aromatic heterocycles. The molecule has 16 heavy (non-hydrogen) atoms. The van der Waals surface area contributed by atoms with E-state index >= 15 is 0 Å². The molecule has 0 aromatic carbocycles. The number of piperidine rings is 1. The molecule has 86 valence electrons. The van der Waals surface area contributed by atoms with Gasteiger partial charge >= 0.3 is 0 Å². The number of carbonyl (C=O) groups is 1. The van der Waals surface area contributed by atoms with Crippen LogP contribution in [0.4, 0.5) is 0 Å². The highest BCUT2D eigenvalue weighted by Crippen LogP contribution is 2.28. The summed E-state index contributed by atoms with van der Waals surface area (Å²) < 4.78 is 5.97. The summed E-state index contributed by atoms with van der Waals surface area (Å²) in [5.41, 5.74) is 0. The molecule has 2 aliphatic rings. The minimum absolute atomic E-state index is 0.00748. The Labute approximate surface area is 102 Å². The molecule has 2 fully saturated rings. The first-order valence-corrected chi connectivity index (χ1v) is 6.32. The SMILES string of the molecule is O=C(c1occc1Br)N1CC2CC1CCN2. The van der Waals surface area contributed by atoms with Crippen molar-refractivity contribution >= 4 is 21.8 Å². The summed E-state index contributed by atoms with van der Waals surface area (Å²) in [4.78, 5) is 14.2. The van der Waals surface area contributed by atoms with Gasteiger partial charge in [0.2, 0.25) is 5.76 Å². The molecule has 3 rings (SSSR count). The van der Waals surface area contributed by atoms with Crippen LogP contribution in [-0.2, 0) is 0 Å². The van der Waals surface area contributed by atoms with Gasteiger partial charge in [-0.1, -0.05) is 0 Å². The van der Waals surface area contributed by atoms with Crippen molar-refractivity contribution in [3.05, 3.63) is 22.6 Å². The Hall–Kier alpha value is -0.810. The highest BCUT2D eigenvalue weighted by atomic mass is 79.9. The first-order valence-electron chi connectivity index (χ1n) is 5.53. The van der Waals surface area contributed by atoms with Gasteiger partial charge in [0.25, 0.3) is 5.91 Å². The fraction of sp³-hybridized carbons (Fsp3) is 0.545. The fourth-order valence-electron chi connectivity index (χ4n) is 2.62. The van der Waals surface area contributed by atoms with E-state index in [0.29, 0.717) is 17.8 Å². The number of nitrogens with zero attached hydrogens (tertiary/aromatic N) is 1. The van der Waals surface area contributed by atoms with Gasteiger partial charge < -0.3 is 14.6 Å². The summed E-state index contributed by atoms with van der Waals surface area (Å²) in [7, 11) is 0. The topological polar surface area (TPSA) is 45.5 Å². The van der Waals surface area contributed by atoms with E-state index in [1.807, 2.05) is 4.90 Å². The largest absolute Gasteiger partial charge is 0.458 e. The van der Waals surface area contributed by atoms with E-state index in [2.05, 4.69) is 21.2 Å². The fourth-order valence-corrected chi connectivity index (χ4v) is 2.99. The predicted molar refractivity (Wildman–Crippen MR) is 62.3 cm³/mol. The monoisotopic (exact) mass is 284 g/mol. The summed E-state index contributed by atoms with van der Waals surface area (Å²) in [6.45, 7) is 1.81. The normalized spacial score (nSPS) is 28.4. The minimum Gasteiger partial charge on any atom is -0.458 e. The Morgan fingerprint density at radius 3 is 3.19 bits per heavy atom. The minimum atomic E-state index is 0.00748. The zero-order valence-corrected chi connectivity index (χ0v) is 10.4. The van der Waals surface area contributed by atoms with Crippen LogP contribution in [-0.4, -0.2) is 36.0 Å². The number of amides is 1. The number of likely N-dealkylation sites (tertiary alicyclic amines) is 1. The Kier molecular flexibility index (Phi) is 2.52. The zero-order chi connectivity index (χ0) is 11.1. The average Bonchev–Trinajstić information content (AvgIpc) is 2.82. The van der Waals surface area contributed by atoms with Crippen LogP contribution >= 0.6 is 15.9 Å².